The van der Waals surface area contributed by atoms with Crippen LogP contribution in [0.25, 0.3) is 0 Å². The van der Waals surface area contributed by atoms with Crippen molar-refractivity contribution in [3.63, 3.8) is 0 Å². The molecule has 3 aromatic rings. The minimum Gasteiger partial charge on any atom is -0.342 e. The van der Waals surface area contributed by atoms with Gasteiger partial charge in [-0.2, -0.15) is 0 Å². The number of nitrogens with one attached hydrogen (secondary N) is 2. The normalized spacial score (nSPS) is 11.8. The van der Waals surface area contributed by atoms with Gasteiger partial charge in [-0.3, -0.25) is 9.59 Å². The zero-order valence-electron chi connectivity index (χ0n) is 18.5. The number of para-hydroxylation sites is 1. The van der Waals surface area contributed by atoms with Gasteiger partial charge in [0.2, 0.25) is 5.91 Å². The fourth-order valence-corrected chi connectivity index (χ4v) is 4.26. The van der Waals surface area contributed by atoms with Crippen LogP contribution in [0.15, 0.2) is 47.6 Å². The first-order chi connectivity index (χ1) is 15.3. The fourth-order valence-electron chi connectivity index (χ4n) is 3.32. The molecule has 3 rings (SSSR count). The molecule has 0 bridgehead atoms. The Morgan fingerprint density at radius 3 is 2.62 bits per heavy atom. The number of hydrogen-bond donors (Lipinski definition) is 2. The van der Waals surface area contributed by atoms with E-state index in [4.69, 9.17) is 11.6 Å². The summed E-state index contributed by atoms with van der Waals surface area (Å²) < 4.78 is 1.78. The molecule has 168 valence electrons. The van der Waals surface area contributed by atoms with E-state index in [0.717, 1.165) is 23.2 Å². The standard InChI is InChI=1S/C23H26ClN5O2S/c1-5-16-10-8-9-14(2)20(16)26-19(30)13-32-23-28-27-21(29(23)4)15(3)25-22(31)17-11-6-7-12-18(17)24/h6-12,15H,5,13H2,1-4H3,(H,25,31)(H,26,30)/t15-/m1/s1. The van der Waals surface area contributed by atoms with Crippen molar-refractivity contribution in [2.75, 3.05) is 11.1 Å². The lowest BCUT2D eigenvalue weighted by Gasteiger charge is -2.14. The highest BCUT2D eigenvalue weighted by Crippen LogP contribution is 2.23. The van der Waals surface area contributed by atoms with Crippen LogP contribution in [0.3, 0.4) is 0 Å². The van der Waals surface area contributed by atoms with Crippen molar-refractivity contribution in [1.82, 2.24) is 20.1 Å². The highest BCUT2D eigenvalue weighted by atomic mass is 35.5. The number of aryl methyl sites for hydroxylation is 2. The van der Waals surface area contributed by atoms with Gasteiger partial charge < -0.3 is 15.2 Å². The third-order valence-corrected chi connectivity index (χ3v) is 6.41. The molecule has 9 heteroatoms. The number of hydrogen-bond acceptors (Lipinski definition) is 5. The van der Waals surface area contributed by atoms with E-state index in [2.05, 4.69) is 27.8 Å². The molecule has 7 nitrogen and oxygen atoms in total. The predicted molar refractivity (Wildman–Crippen MR) is 128 cm³/mol. The first kappa shape index (κ1) is 23.8. The molecular formula is C23H26ClN5O2S. The smallest absolute Gasteiger partial charge is 0.253 e. The van der Waals surface area contributed by atoms with Gasteiger partial charge in [-0.05, 0) is 43.5 Å². The second-order valence-corrected chi connectivity index (χ2v) is 8.72. The zero-order valence-corrected chi connectivity index (χ0v) is 20.0. The van der Waals surface area contributed by atoms with Gasteiger partial charge in [-0.15, -0.1) is 10.2 Å². The molecule has 1 aromatic heterocycles. The number of carbonyl (C=O) groups excluding carboxylic acids is 2. The Balaban J connectivity index is 1.62. The minimum absolute atomic E-state index is 0.108. The topological polar surface area (TPSA) is 88.9 Å². The number of nitrogens with zero attached hydrogens (tertiary/aromatic N) is 3. The molecule has 2 amide bonds. The maximum Gasteiger partial charge on any atom is 0.253 e. The quantitative estimate of drug-likeness (QED) is 0.470. The van der Waals surface area contributed by atoms with Crippen molar-refractivity contribution in [3.8, 4) is 0 Å². The molecule has 0 unspecified atom stereocenters. The SMILES string of the molecule is CCc1cccc(C)c1NC(=O)CSc1nnc([C@@H](C)NC(=O)c2ccccc2Cl)n1C. The van der Waals surface area contributed by atoms with Crippen LogP contribution in [0.5, 0.6) is 0 Å². The summed E-state index contributed by atoms with van der Waals surface area (Å²) in [5.74, 6) is 0.387. The van der Waals surface area contributed by atoms with Crippen molar-refractivity contribution < 1.29 is 9.59 Å². The van der Waals surface area contributed by atoms with Crippen LogP contribution in [-0.4, -0.2) is 32.3 Å². The molecule has 1 heterocycles. The maximum atomic E-state index is 12.5. The van der Waals surface area contributed by atoms with E-state index in [-0.39, 0.29) is 17.6 Å². The number of amides is 2. The van der Waals surface area contributed by atoms with Crippen molar-refractivity contribution in [2.45, 2.75) is 38.4 Å². The van der Waals surface area contributed by atoms with Gasteiger partial charge in [0.15, 0.2) is 11.0 Å². The zero-order chi connectivity index (χ0) is 23.3. The molecule has 2 N–H and O–H groups in total. The minimum atomic E-state index is -0.390. The summed E-state index contributed by atoms with van der Waals surface area (Å²) in [5.41, 5.74) is 3.41. The number of rotatable bonds is 8. The average molecular weight is 472 g/mol. The van der Waals surface area contributed by atoms with E-state index in [1.54, 1.807) is 28.8 Å². The molecule has 2 aromatic carbocycles. The third kappa shape index (κ3) is 5.49. The Hall–Kier alpha value is -2.84. The van der Waals surface area contributed by atoms with Crippen molar-refractivity contribution in [2.24, 2.45) is 7.05 Å². The fraction of sp³-hybridized carbons (Fsp3) is 0.304. The first-order valence-electron chi connectivity index (χ1n) is 10.3. The van der Waals surface area contributed by atoms with Crippen molar-refractivity contribution >= 4 is 40.9 Å². The first-order valence-corrected chi connectivity index (χ1v) is 11.6. The summed E-state index contributed by atoms with van der Waals surface area (Å²) in [5, 5.41) is 15.3. The van der Waals surface area contributed by atoms with E-state index in [0.29, 0.717) is 21.6 Å². The summed E-state index contributed by atoms with van der Waals surface area (Å²) in [7, 11) is 1.81. The average Bonchev–Trinajstić information content (AvgIpc) is 3.14. The van der Waals surface area contributed by atoms with Crippen LogP contribution in [-0.2, 0) is 18.3 Å². The third-order valence-electron chi connectivity index (χ3n) is 5.06. The largest absolute Gasteiger partial charge is 0.342 e. The van der Waals surface area contributed by atoms with Crippen LogP contribution in [0.2, 0.25) is 5.02 Å². The number of thioether (sulfide) groups is 1. The van der Waals surface area contributed by atoms with Crippen LogP contribution in [0, 0.1) is 6.92 Å². The van der Waals surface area contributed by atoms with E-state index < -0.39 is 6.04 Å². The lowest BCUT2D eigenvalue weighted by atomic mass is 10.1. The molecule has 0 radical (unpaired) electrons. The predicted octanol–water partition coefficient (Wildman–Crippen LogP) is 4.56. The van der Waals surface area contributed by atoms with E-state index in [1.165, 1.54) is 11.8 Å². The van der Waals surface area contributed by atoms with E-state index in [9.17, 15) is 9.59 Å². The lowest BCUT2D eigenvalue weighted by molar-refractivity contribution is -0.113. The van der Waals surface area contributed by atoms with Crippen LogP contribution in [0.1, 0.15) is 47.2 Å². The van der Waals surface area contributed by atoms with Gasteiger partial charge in [0.1, 0.15) is 0 Å². The Morgan fingerprint density at radius 2 is 1.91 bits per heavy atom. The summed E-state index contributed by atoms with van der Waals surface area (Å²) in [6.45, 7) is 5.87. The molecule has 32 heavy (non-hydrogen) atoms. The number of halogens is 1. The molecule has 0 saturated carbocycles. The van der Waals surface area contributed by atoms with E-state index in [1.807, 2.05) is 39.1 Å². The number of carbonyl (C=O) groups is 2. The lowest BCUT2D eigenvalue weighted by Crippen LogP contribution is -2.28. The molecule has 0 aliphatic rings. The highest BCUT2D eigenvalue weighted by Gasteiger charge is 2.20. The summed E-state index contributed by atoms with van der Waals surface area (Å²) >= 11 is 7.40. The molecule has 0 fully saturated rings. The van der Waals surface area contributed by atoms with Gasteiger partial charge in [0, 0.05) is 12.7 Å². The van der Waals surface area contributed by atoms with Crippen LogP contribution in [0.4, 0.5) is 5.69 Å². The second kappa shape index (κ2) is 10.7. The Bertz CT molecular complexity index is 1130. The number of aromatic nitrogens is 3. The highest BCUT2D eigenvalue weighted by molar-refractivity contribution is 7.99. The Kier molecular flexibility index (Phi) is 7.93. The van der Waals surface area contributed by atoms with Crippen LogP contribution >= 0.6 is 23.4 Å². The van der Waals surface area contributed by atoms with Crippen molar-refractivity contribution in [1.29, 1.82) is 0 Å². The monoisotopic (exact) mass is 471 g/mol. The number of anilines is 1. The van der Waals surface area contributed by atoms with Gasteiger partial charge in [-0.25, -0.2) is 0 Å². The van der Waals surface area contributed by atoms with Crippen LogP contribution < -0.4 is 10.6 Å². The molecular weight excluding hydrogens is 446 g/mol. The Labute approximate surface area is 197 Å². The molecule has 1 atom stereocenters. The summed E-state index contributed by atoms with van der Waals surface area (Å²) in [4.78, 5) is 25.1. The summed E-state index contributed by atoms with van der Waals surface area (Å²) in [6, 6.07) is 12.5. The Morgan fingerprint density at radius 1 is 1.16 bits per heavy atom. The van der Waals surface area contributed by atoms with Gasteiger partial charge in [-0.1, -0.05) is 60.6 Å². The van der Waals surface area contributed by atoms with Crippen molar-refractivity contribution in [3.05, 3.63) is 70.0 Å². The second-order valence-electron chi connectivity index (χ2n) is 7.37. The molecule has 0 spiro atoms. The summed E-state index contributed by atoms with van der Waals surface area (Å²) in [6.07, 6.45) is 0.842. The van der Waals surface area contributed by atoms with Gasteiger partial charge in [0.25, 0.3) is 5.91 Å². The molecule has 0 aliphatic carbocycles. The maximum absolute atomic E-state index is 12.5. The molecule has 0 saturated heterocycles. The number of benzene rings is 2. The molecule has 0 aliphatic heterocycles. The van der Waals surface area contributed by atoms with Gasteiger partial charge in [0.05, 0.1) is 22.4 Å². The van der Waals surface area contributed by atoms with E-state index >= 15 is 0 Å². The van der Waals surface area contributed by atoms with Gasteiger partial charge >= 0.3 is 0 Å².